The molecule has 1 heterocycles. The van der Waals surface area contributed by atoms with E-state index in [4.69, 9.17) is 21.4 Å². The smallest absolute Gasteiger partial charge is 0.341 e. The highest BCUT2D eigenvalue weighted by atomic mass is 35.5. The predicted octanol–water partition coefficient (Wildman–Crippen LogP) is 0.775. The number of fused-ring (bicyclic) bond motifs is 1. The number of aliphatic hydroxyl groups excluding tert-OH is 2. The number of aliphatic hydroxyl groups is 2. The Bertz CT molecular complexity index is 449. The molecule has 0 radical (unpaired) electrons. The minimum Gasteiger partial charge on any atom is -0.457 e. The van der Waals surface area contributed by atoms with Crippen LogP contribution in [-0.4, -0.2) is 35.4 Å². The van der Waals surface area contributed by atoms with E-state index in [2.05, 4.69) is 5.32 Å². The van der Waals surface area contributed by atoms with E-state index in [-0.39, 0.29) is 19.8 Å². The average Bonchev–Trinajstić information content (AvgIpc) is 2.70. The number of carbonyl (C=O) groups excluding carboxylic acids is 1. The van der Waals surface area contributed by atoms with Crippen molar-refractivity contribution in [1.82, 2.24) is 0 Å². The summed E-state index contributed by atoms with van der Waals surface area (Å²) in [6.07, 6.45) is -0.903. The van der Waals surface area contributed by atoms with E-state index >= 15 is 0 Å². The molecular formula is C11H12ClNO4. The maximum atomic E-state index is 11.5. The number of cyclic esters (lactones) is 1. The molecular weight excluding hydrogens is 246 g/mol. The second-order valence-corrected chi connectivity index (χ2v) is 4.16. The van der Waals surface area contributed by atoms with Gasteiger partial charge in [-0.1, -0.05) is 17.7 Å². The maximum Gasteiger partial charge on any atom is 0.341 e. The molecule has 1 atom stereocenters. The van der Waals surface area contributed by atoms with Crippen molar-refractivity contribution in [2.45, 2.75) is 12.7 Å². The number of halogens is 1. The number of anilines is 1. The van der Waals surface area contributed by atoms with Crippen LogP contribution in [0, 0.1) is 0 Å². The van der Waals surface area contributed by atoms with Crippen LogP contribution in [0.15, 0.2) is 12.1 Å². The summed E-state index contributed by atoms with van der Waals surface area (Å²) < 4.78 is 4.90. The Kier molecular flexibility index (Phi) is 3.51. The van der Waals surface area contributed by atoms with Gasteiger partial charge in [-0.3, -0.25) is 0 Å². The summed E-state index contributed by atoms with van der Waals surface area (Å²) in [5, 5.41) is 21.2. The van der Waals surface area contributed by atoms with Crippen LogP contribution >= 0.6 is 11.6 Å². The molecule has 0 amide bonds. The van der Waals surface area contributed by atoms with Crippen molar-refractivity contribution in [1.29, 1.82) is 0 Å². The summed E-state index contributed by atoms with van der Waals surface area (Å²) in [5.41, 5.74) is 1.61. The first-order valence-corrected chi connectivity index (χ1v) is 5.52. The van der Waals surface area contributed by atoms with Crippen LogP contribution in [0.3, 0.4) is 0 Å². The minimum absolute atomic E-state index is 0.111. The number of rotatable bonds is 4. The Balaban J connectivity index is 2.27. The number of carbonyl (C=O) groups is 1. The summed E-state index contributed by atoms with van der Waals surface area (Å²) in [6.45, 7) is -0.00733. The SMILES string of the molecule is O=C1OCc2ccc(Cl)c(NCC(O)CO)c21. The Hall–Kier alpha value is -1.30. The number of esters is 1. The molecule has 0 aliphatic carbocycles. The Morgan fingerprint density at radius 2 is 2.29 bits per heavy atom. The molecule has 1 aliphatic rings. The van der Waals surface area contributed by atoms with Gasteiger partial charge in [-0.05, 0) is 6.07 Å². The van der Waals surface area contributed by atoms with Crippen LogP contribution in [0.25, 0.3) is 0 Å². The molecule has 92 valence electrons. The highest BCUT2D eigenvalue weighted by Crippen LogP contribution is 2.33. The van der Waals surface area contributed by atoms with Crippen LogP contribution < -0.4 is 5.32 Å². The molecule has 2 rings (SSSR count). The number of hydrogen-bond acceptors (Lipinski definition) is 5. The first-order chi connectivity index (χ1) is 8.13. The van der Waals surface area contributed by atoms with Gasteiger partial charge in [-0.2, -0.15) is 0 Å². The first kappa shape index (κ1) is 12.2. The quantitative estimate of drug-likeness (QED) is 0.695. The highest BCUT2D eigenvalue weighted by Gasteiger charge is 2.26. The summed E-state index contributed by atoms with van der Waals surface area (Å²) >= 11 is 5.99. The zero-order valence-electron chi connectivity index (χ0n) is 8.94. The molecule has 0 saturated heterocycles. The first-order valence-electron chi connectivity index (χ1n) is 5.14. The fourth-order valence-electron chi connectivity index (χ4n) is 1.65. The highest BCUT2D eigenvalue weighted by molar-refractivity contribution is 6.34. The fraction of sp³-hybridized carbons (Fsp3) is 0.364. The van der Waals surface area contributed by atoms with Gasteiger partial charge in [0.05, 0.1) is 29.0 Å². The molecule has 5 nitrogen and oxygen atoms in total. The molecule has 1 unspecified atom stereocenters. The molecule has 0 saturated carbocycles. The van der Waals surface area contributed by atoms with Gasteiger partial charge in [0.1, 0.15) is 6.61 Å². The number of hydrogen-bond donors (Lipinski definition) is 3. The van der Waals surface area contributed by atoms with E-state index < -0.39 is 12.1 Å². The Morgan fingerprint density at radius 3 is 3.00 bits per heavy atom. The topological polar surface area (TPSA) is 78.8 Å². The van der Waals surface area contributed by atoms with E-state index in [0.29, 0.717) is 16.3 Å². The molecule has 0 spiro atoms. The molecule has 0 aromatic heterocycles. The molecule has 1 aromatic carbocycles. The standard InChI is InChI=1S/C11H12ClNO4/c12-8-2-1-6-5-17-11(16)9(6)10(8)13-3-7(15)4-14/h1-2,7,13-15H,3-5H2. The summed E-state index contributed by atoms with van der Waals surface area (Å²) in [5.74, 6) is -0.427. The number of benzene rings is 1. The zero-order chi connectivity index (χ0) is 12.4. The lowest BCUT2D eigenvalue weighted by atomic mass is 10.1. The lowest BCUT2D eigenvalue weighted by Crippen LogP contribution is -2.23. The lowest BCUT2D eigenvalue weighted by Gasteiger charge is -2.13. The van der Waals surface area contributed by atoms with E-state index in [1.807, 2.05) is 0 Å². The second-order valence-electron chi connectivity index (χ2n) is 3.75. The zero-order valence-corrected chi connectivity index (χ0v) is 9.70. The number of ether oxygens (including phenoxy) is 1. The summed E-state index contributed by atoms with van der Waals surface area (Å²) in [6, 6.07) is 3.40. The molecule has 0 bridgehead atoms. The fourth-order valence-corrected chi connectivity index (χ4v) is 1.87. The molecule has 6 heteroatoms. The van der Waals surface area contributed by atoms with E-state index in [1.54, 1.807) is 12.1 Å². The predicted molar refractivity (Wildman–Crippen MR) is 62.2 cm³/mol. The van der Waals surface area contributed by atoms with Crippen LogP contribution in [0.2, 0.25) is 5.02 Å². The van der Waals surface area contributed by atoms with Crippen LogP contribution in [0.5, 0.6) is 0 Å². The van der Waals surface area contributed by atoms with Crippen molar-refractivity contribution in [3.05, 3.63) is 28.3 Å². The van der Waals surface area contributed by atoms with Gasteiger partial charge in [0, 0.05) is 12.1 Å². The number of nitrogens with one attached hydrogen (secondary N) is 1. The van der Waals surface area contributed by atoms with Crippen LogP contribution in [0.4, 0.5) is 5.69 Å². The van der Waals surface area contributed by atoms with E-state index in [9.17, 15) is 9.90 Å². The van der Waals surface area contributed by atoms with Gasteiger partial charge in [0.15, 0.2) is 0 Å². The monoisotopic (exact) mass is 257 g/mol. The maximum absolute atomic E-state index is 11.5. The van der Waals surface area contributed by atoms with Crippen molar-refractivity contribution >= 4 is 23.3 Å². The average molecular weight is 258 g/mol. The molecule has 0 fully saturated rings. The van der Waals surface area contributed by atoms with Crippen molar-refractivity contribution in [2.24, 2.45) is 0 Å². The molecule has 3 N–H and O–H groups in total. The molecule has 1 aromatic rings. The lowest BCUT2D eigenvalue weighted by molar-refractivity contribution is 0.0535. The molecule has 1 aliphatic heterocycles. The van der Waals surface area contributed by atoms with Gasteiger partial charge in [-0.25, -0.2) is 4.79 Å². The largest absolute Gasteiger partial charge is 0.457 e. The van der Waals surface area contributed by atoms with E-state index in [1.165, 1.54) is 0 Å². The molecule has 17 heavy (non-hydrogen) atoms. The van der Waals surface area contributed by atoms with Crippen molar-refractivity contribution in [3.63, 3.8) is 0 Å². The van der Waals surface area contributed by atoms with Crippen LogP contribution in [0.1, 0.15) is 15.9 Å². The van der Waals surface area contributed by atoms with Gasteiger partial charge in [0.2, 0.25) is 0 Å². The Labute approximate surface area is 103 Å². The summed E-state index contributed by atoms with van der Waals surface area (Å²) in [4.78, 5) is 11.5. The normalized spacial score (nSPS) is 15.4. The Morgan fingerprint density at radius 1 is 1.53 bits per heavy atom. The van der Waals surface area contributed by atoms with Crippen molar-refractivity contribution < 1.29 is 19.7 Å². The van der Waals surface area contributed by atoms with Gasteiger partial charge in [0.25, 0.3) is 0 Å². The van der Waals surface area contributed by atoms with E-state index in [0.717, 1.165) is 5.56 Å². The van der Waals surface area contributed by atoms with Crippen molar-refractivity contribution in [3.8, 4) is 0 Å². The third-order valence-corrected chi connectivity index (χ3v) is 2.84. The minimum atomic E-state index is -0.903. The summed E-state index contributed by atoms with van der Waals surface area (Å²) in [7, 11) is 0. The second kappa shape index (κ2) is 4.91. The third-order valence-electron chi connectivity index (χ3n) is 2.53. The van der Waals surface area contributed by atoms with Crippen LogP contribution in [-0.2, 0) is 11.3 Å². The van der Waals surface area contributed by atoms with Gasteiger partial charge < -0.3 is 20.3 Å². The third kappa shape index (κ3) is 2.36. The van der Waals surface area contributed by atoms with Gasteiger partial charge in [-0.15, -0.1) is 0 Å². The van der Waals surface area contributed by atoms with Crippen molar-refractivity contribution in [2.75, 3.05) is 18.5 Å². The van der Waals surface area contributed by atoms with Gasteiger partial charge >= 0.3 is 5.97 Å².